The molecular formula is C27H23N3O3. The normalized spacial score (nSPS) is 18.1. The highest BCUT2D eigenvalue weighted by Crippen LogP contribution is 2.31. The second kappa shape index (κ2) is 7.52. The van der Waals surface area contributed by atoms with Crippen LogP contribution in [0.15, 0.2) is 77.4 Å². The van der Waals surface area contributed by atoms with Crippen LogP contribution in [0.1, 0.15) is 34.3 Å². The van der Waals surface area contributed by atoms with E-state index in [0.29, 0.717) is 37.2 Å². The summed E-state index contributed by atoms with van der Waals surface area (Å²) in [5.74, 6) is -0.227. The van der Waals surface area contributed by atoms with E-state index < -0.39 is 6.04 Å². The van der Waals surface area contributed by atoms with Gasteiger partial charge in [0, 0.05) is 40.8 Å². The van der Waals surface area contributed by atoms with Crippen LogP contribution in [0.3, 0.4) is 0 Å². The minimum atomic E-state index is -0.441. The van der Waals surface area contributed by atoms with Gasteiger partial charge in [0.05, 0.1) is 0 Å². The Balaban J connectivity index is 1.19. The number of hydrogen-bond donors (Lipinski definition) is 2. The number of furan rings is 1. The van der Waals surface area contributed by atoms with Gasteiger partial charge in [-0.1, -0.05) is 30.8 Å². The average molecular weight is 437 g/mol. The van der Waals surface area contributed by atoms with Crippen LogP contribution in [-0.4, -0.2) is 22.8 Å². The number of nitrogens with zero attached hydrogens (tertiary/aromatic N) is 1. The number of rotatable bonds is 4. The van der Waals surface area contributed by atoms with Crippen LogP contribution in [0.25, 0.3) is 21.9 Å². The predicted octanol–water partition coefficient (Wildman–Crippen LogP) is 4.95. The Morgan fingerprint density at radius 1 is 1.03 bits per heavy atom. The predicted molar refractivity (Wildman–Crippen MR) is 128 cm³/mol. The highest BCUT2D eigenvalue weighted by atomic mass is 16.3. The molecule has 0 radical (unpaired) electrons. The number of fused-ring (bicyclic) bond motifs is 4. The minimum absolute atomic E-state index is 0.0819. The Hall–Kier alpha value is -4.06. The molecule has 0 spiro atoms. The van der Waals surface area contributed by atoms with E-state index in [9.17, 15) is 9.59 Å². The van der Waals surface area contributed by atoms with Crippen molar-refractivity contribution in [3.05, 3.63) is 89.6 Å². The summed E-state index contributed by atoms with van der Waals surface area (Å²) in [4.78, 5) is 27.0. The van der Waals surface area contributed by atoms with Crippen molar-refractivity contribution >= 4 is 39.4 Å². The summed E-state index contributed by atoms with van der Waals surface area (Å²) in [6.45, 7) is 4.92. The lowest BCUT2D eigenvalue weighted by Crippen LogP contribution is -2.49. The Bertz CT molecular complexity index is 1450. The van der Waals surface area contributed by atoms with Gasteiger partial charge in [-0.2, -0.15) is 0 Å². The maximum atomic E-state index is 12.9. The van der Waals surface area contributed by atoms with Gasteiger partial charge in [-0.05, 0) is 60.4 Å². The number of hydrogen-bond acceptors (Lipinski definition) is 4. The summed E-state index contributed by atoms with van der Waals surface area (Å²) in [5, 5.41) is 8.46. The number of anilines is 1. The molecule has 1 unspecified atom stereocenters. The zero-order valence-electron chi connectivity index (χ0n) is 18.1. The quantitative estimate of drug-likeness (QED) is 0.474. The Kier molecular flexibility index (Phi) is 4.47. The van der Waals surface area contributed by atoms with Crippen molar-refractivity contribution in [2.24, 2.45) is 0 Å². The number of piperidine rings is 1. The van der Waals surface area contributed by atoms with E-state index in [2.05, 4.69) is 35.4 Å². The first-order chi connectivity index (χ1) is 16.1. The van der Waals surface area contributed by atoms with Gasteiger partial charge >= 0.3 is 0 Å². The molecule has 0 saturated carbocycles. The molecule has 6 heteroatoms. The molecule has 2 aliphatic rings. The van der Waals surface area contributed by atoms with Crippen molar-refractivity contribution in [2.45, 2.75) is 32.0 Å². The number of carbonyl (C=O) groups is 2. The van der Waals surface area contributed by atoms with E-state index in [-0.39, 0.29) is 11.8 Å². The second-order valence-electron chi connectivity index (χ2n) is 8.73. The molecule has 6 nitrogen and oxygen atoms in total. The number of nitrogens with one attached hydrogen (secondary N) is 2. The van der Waals surface area contributed by atoms with Crippen molar-refractivity contribution in [3.63, 3.8) is 0 Å². The molecule has 33 heavy (non-hydrogen) atoms. The van der Waals surface area contributed by atoms with Crippen LogP contribution in [0, 0.1) is 0 Å². The molecule has 2 N–H and O–H groups in total. The molecule has 2 aliphatic heterocycles. The van der Waals surface area contributed by atoms with Crippen molar-refractivity contribution in [1.29, 1.82) is 0 Å². The van der Waals surface area contributed by atoms with Crippen molar-refractivity contribution in [3.8, 4) is 0 Å². The molecule has 4 aromatic rings. The average Bonchev–Trinajstić information content (AvgIpc) is 3.35. The number of benzene rings is 3. The first-order valence-electron chi connectivity index (χ1n) is 11.1. The monoisotopic (exact) mass is 437 g/mol. The summed E-state index contributed by atoms with van der Waals surface area (Å²) in [5.41, 5.74) is 6.19. The fraction of sp³-hybridized carbons (Fsp3) is 0.185. The molecule has 0 bridgehead atoms. The topological polar surface area (TPSA) is 74.6 Å². The van der Waals surface area contributed by atoms with E-state index >= 15 is 0 Å². The van der Waals surface area contributed by atoms with E-state index in [1.54, 1.807) is 4.90 Å². The summed E-state index contributed by atoms with van der Waals surface area (Å²) >= 11 is 0. The van der Waals surface area contributed by atoms with Crippen LogP contribution in [0.4, 0.5) is 5.69 Å². The van der Waals surface area contributed by atoms with Gasteiger partial charge in [0.2, 0.25) is 5.91 Å². The van der Waals surface area contributed by atoms with Gasteiger partial charge in [0.1, 0.15) is 17.2 Å². The molecule has 1 atom stereocenters. The zero-order chi connectivity index (χ0) is 22.5. The van der Waals surface area contributed by atoms with Gasteiger partial charge in [0.15, 0.2) is 0 Å². The third-order valence-electron chi connectivity index (χ3n) is 6.57. The van der Waals surface area contributed by atoms with Crippen LogP contribution in [0.2, 0.25) is 0 Å². The van der Waals surface area contributed by atoms with Crippen molar-refractivity contribution < 1.29 is 14.0 Å². The third kappa shape index (κ3) is 3.35. The van der Waals surface area contributed by atoms with Gasteiger partial charge in [-0.3, -0.25) is 9.59 Å². The Labute approximate surface area is 190 Å². The lowest BCUT2D eigenvalue weighted by molar-refractivity contribution is -0.126. The fourth-order valence-electron chi connectivity index (χ4n) is 4.85. The molecule has 2 amide bonds. The van der Waals surface area contributed by atoms with E-state index in [1.165, 1.54) is 0 Å². The van der Waals surface area contributed by atoms with Crippen molar-refractivity contribution in [1.82, 2.24) is 10.2 Å². The number of para-hydroxylation sites is 1. The summed E-state index contributed by atoms with van der Waals surface area (Å²) in [7, 11) is 0. The van der Waals surface area contributed by atoms with Crippen LogP contribution < -0.4 is 10.6 Å². The molecule has 0 aliphatic carbocycles. The van der Waals surface area contributed by atoms with E-state index in [1.807, 2.05) is 42.5 Å². The summed E-state index contributed by atoms with van der Waals surface area (Å²) in [6.07, 6.45) is 1.31. The molecule has 1 aromatic heterocycles. The van der Waals surface area contributed by atoms with Crippen molar-refractivity contribution in [2.75, 3.05) is 5.32 Å². The van der Waals surface area contributed by atoms with Gasteiger partial charge in [0.25, 0.3) is 5.91 Å². The van der Waals surface area contributed by atoms with E-state index in [4.69, 9.17) is 4.42 Å². The van der Waals surface area contributed by atoms with Crippen LogP contribution in [-0.2, 0) is 17.9 Å². The number of allylic oxidation sites excluding steroid dienone is 1. The van der Waals surface area contributed by atoms with Gasteiger partial charge in [-0.15, -0.1) is 0 Å². The molecular weight excluding hydrogens is 414 g/mol. The smallest absolute Gasteiger partial charge is 0.255 e. The van der Waals surface area contributed by atoms with E-state index in [0.717, 1.165) is 38.8 Å². The van der Waals surface area contributed by atoms with Gasteiger partial charge < -0.3 is 20.0 Å². The zero-order valence-corrected chi connectivity index (χ0v) is 18.1. The largest absolute Gasteiger partial charge is 0.456 e. The molecule has 1 saturated heterocycles. The standard InChI is InChI=1S/C27H23N3O3/c1-16-6-10-23(26(31)29-16)30-15-18-13-19(8-9-20(18)27(30)32)28-14-17-7-11-25-22(12-17)21-4-2-3-5-24(21)33-25/h2-5,7-9,11-13,23,28H,1,6,10,14-15H2,(H,29,31). The number of carbonyl (C=O) groups excluding carboxylic acids is 2. The first kappa shape index (κ1) is 19.6. The lowest BCUT2D eigenvalue weighted by Gasteiger charge is -2.30. The molecule has 164 valence electrons. The molecule has 3 aromatic carbocycles. The first-order valence-corrected chi connectivity index (χ1v) is 11.1. The fourth-order valence-corrected chi connectivity index (χ4v) is 4.85. The minimum Gasteiger partial charge on any atom is -0.456 e. The highest BCUT2D eigenvalue weighted by molar-refractivity contribution is 6.05. The maximum absolute atomic E-state index is 12.9. The van der Waals surface area contributed by atoms with Crippen LogP contribution >= 0.6 is 0 Å². The SMILES string of the molecule is C=C1CCC(N2Cc3cc(NCc4ccc5oc6ccccc6c5c4)ccc3C2=O)C(=O)N1. The molecule has 6 rings (SSSR count). The Morgan fingerprint density at radius 3 is 2.76 bits per heavy atom. The second-order valence-corrected chi connectivity index (χ2v) is 8.73. The van der Waals surface area contributed by atoms with Gasteiger partial charge in [-0.25, -0.2) is 0 Å². The summed E-state index contributed by atoms with van der Waals surface area (Å²) in [6, 6.07) is 19.6. The molecule has 3 heterocycles. The Morgan fingerprint density at radius 2 is 1.88 bits per heavy atom. The van der Waals surface area contributed by atoms with Crippen LogP contribution in [0.5, 0.6) is 0 Å². The summed E-state index contributed by atoms with van der Waals surface area (Å²) < 4.78 is 5.91. The number of amides is 2. The maximum Gasteiger partial charge on any atom is 0.255 e. The highest BCUT2D eigenvalue weighted by Gasteiger charge is 2.38. The third-order valence-corrected chi connectivity index (χ3v) is 6.57. The molecule has 1 fully saturated rings. The lowest BCUT2D eigenvalue weighted by atomic mass is 10.0.